The SMILES string of the molecule is O=C(O)C(=O)O.c1ccc(Oc2cccc(CN3CCN(C4CCCC4)CC3)c2)cc1. The number of benzene rings is 2. The molecule has 0 unspecified atom stereocenters. The zero-order chi connectivity index (χ0) is 22.1. The van der Waals surface area contributed by atoms with Crippen LogP contribution in [-0.2, 0) is 16.1 Å². The van der Waals surface area contributed by atoms with E-state index in [2.05, 4.69) is 28.0 Å². The lowest BCUT2D eigenvalue weighted by atomic mass is 10.1. The van der Waals surface area contributed by atoms with Crippen LogP contribution in [0.5, 0.6) is 11.5 Å². The van der Waals surface area contributed by atoms with Crippen LogP contribution in [-0.4, -0.2) is 64.2 Å². The molecule has 0 atom stereocenters. The number of rotatable bonds is 5. The van der Waals surface area contributed by atoms with Gasteiger partial charge in [0, 0.05) is 38.8 Å². The molecule has 1 saturated heterocycles. The number of ether oxygens (including phenoxy) is 1. The highest BCUT2D eigenvalue weighted by molar-refractivity contribution is 6.27. The topological polar surface area (TPSA) is 90.3 Å². The molecule has 2 fully saturated rings. The van der Waals surface area contributed by atoms with Crippen LogP contribution in [0.15, 0.2) is 54.6 Å². The fraction of sp³-hybridized carbons (Fsp3) is 0.417. The summed E-state index contributed by atoms with van der Waals surface area (Å²) in [4.78, 5) is 23.5. The van der Waals surface area contributed by atoms with E-state index in [1.165, 1.54) is 57.4 Å². The Bertz CT molecular complexity index is 832. The molecule has 1 aliphatic carbocycles. The molecule has 0 aromatic heterocycles. The van der Waals surface area contributed by atoms with Crippen molar-refractivity contribution in [3.05, 3.63) is 60.2 Å². The maximum absolute atomic E-state index is 9.10. The zero-order valence-electron chi connectivity index (χ0n) is 17.7. The van der Waals surface area contributed by atoms with Gasteiger partial charge in [-0.2, -0.15) is 0 Å². The van der Waals surface area contributed by atoms with Gasteiger partial charge < -0.3 is 14.9 Å². The quantitative estimate of drug-likeness (QED) is 0.705. The minimum absolute atomic E-state index is 0.866. The first-order valence-electron chi connectivity index (χ1n) is 10.8. The van der Waals surface area contributed by atoms with E-state index in [4.69, 9.17) is 24.5 Å². The Morgan fingerprint density at radius 1 is 0.839 bits per heavy atom. The Kier molecular flexibility index (Phi) is 8.44. The highest BCUT2D eigenvalue weighted by atomic mass is 16.5. The summed E-state index contributed by atoms with van der Waals surface area (Å²) in [7, 11) is 0. The van der Waals surface area contributed by atoms with Gasteiger partial charge in [-0.15, -0.1) is 0 Å². The second-order valence-electron chi connectivity index (χ2n) is 7.92. The lowest BCUT2D eigenvalue weighted by molar-refractivity contribution is -0.159. The van der Waals surface area contributed by atoms with E-state index in [1.54, 1.807) is 0 Å². The molecule has 1 aliphatic heterocycles. The van der Waals surface area contributed by atoms with E-state index >= 15 is 0 Å². The Hall–Kier alpha value is -2.90. The predicted octanol–water partition coefficient (Wildman–Crippen LogP) is 3.69. The average Bonchev–Trinajstić information content (AvgIpc) is 3.31. The molecule has 7 nitrogen and oxygen atoms in total. The second kappa shape index (κ2) is 11.5. The van der Waals surface area contributed by atoms with Gasteiger partial charge in [-0.25, -0.2) is 9.59 Å². The highest BCUT2D eigenvalue weighted by Crippen LogP contribution is 2.25. The third kappa shape index (κ3) is 7.38. The molecule has 2 aliphatic rings. The standard InChI is InChI=1S/C22H28N2O.C2H2O4/c1-2-10-21(11-3-1)25-22-12-6-7-19(17-22)18-23-13-15-24(16-14-23)20-8-4-5-9-20;3-1(4)2(5)6/h1-3,6-7,10-12,17,20H,4-5,8-9,13-16,18H2;(H,3,4)(H,5,6). The van der Waals surface area contributed by atoms with Gasteiger partial charge in [0.15, 0.2) is 0 Å². The summed E-state index contributed by atoms with van der Waals surface area (Å²) in [6.07, 6.45) is 5.69. The van der Waals surface area contributed by atoms with Gasteiger partial charge in [0.25, 0.3) is 0 Å². The predicted molar refractivity (Wildman–Crippen MR) is 117 cm³/mol. The van der Waals surface area contributed by atoms with Crippen molar-refractivity contribution in [2.75, 3.05) is 26.2 Å². The Labute approximate surface area is 182 Å². The molecule has 0 bridgehead atoms. The van der Waals surface area contributed by atoms with Crippen LogP contribution in [0, 0.1) is 0 Å². The van der Waals surface area contributed by atoms with Crippen LogP contribution < -0.4 is 4.74 Å². The normalized spacial score (nSPS) is 17.5. The minimum Gasteiger partial charge on any atom is -0.473 e. The van der Waals surface area contributed by atoms with Gasteiger partial charge in [-0.05, 0) is 42.7 Å². The smallest absolute Gasteiger partial charge is 0.414 e. The summed E-state index contributed by atoms with van der Waals surface area (Å²) in [5, 5.41) is 14.8. The lowest BCUT2D eigenvalue weighted by Crippen LogP contribution is -2.49. The molecule has 0 radical (unpaired) electrons. The monoisotopic (exact) mass is 426 g/mol. The number of piperazine rings is 1. The molecule has 31 heavy (non-hydrogen) atoms. The van der Waals surface area contributed by atoms with Crippen molar-refractivity contribution in [3.63, 3.8) is 0 Å². The Balaban J connectivity index is 0.000000401. The third-order valence-corrected chi connectivity index (χ3v) is 5.71. The molecule has 1 heterocycles. The zero-order valence-corrected chi connectivity index (χ0v) is 17.7. The first kappa shape index (κ1) is 22.8. The van der Waals surface area contributed by atoms with E-state index in [0.717, 1.165) is 24.1 Å². The summed E-state index contributed by atoms with van der Waals surface area (Å²) in [6.45, 7) is 5.83. The number of para-hydroxylation sites is 1. The molecular weight excluding hydrogens is 396 g/mol. The van der Waals surface area contributed by atoms with Crippen molar-refractivity contribution in [2.45, 2.75) is 38.3 Å². The third-order valence-electron chi connectivity index (χ3n) is 5.71. The maximum Gasteiger partial charge on any atom is 0.414 e. The highest BCUT2D eigenvalue weighted by Gasteiger charge is 2.26. The number of carboxylic acid groups (broad SMARTS) is 2. The van der Waals surface area contributed by atoms with Crippen LogP contribution in [0.25, 0.3) is 0 Å². The van der Waals surface area contributed by atoms with Gasteiger partial charge in [0.05, 0.1) is 0 Å². The summed E-state index contributed by atoms with van der Waals surface area (Å²) < 4.78 is 5.97. The van der Waals surface area contributed by atoms with Crippen molar-refractivity contribution < 1.29 is 24.5 Å². The summed E-state index contributed by atoms with van der Waals surface area (Å²) in [5.74, 6) is -1.83. The molecule has 0 spiro atoms. The molecular formula is C24H30N2O5. The van der Waals surface area contributed by atoms with E-state index in [9.17, 15) is 0 Å². The van der Waals surface area contributed by atoms with Crippen LogP contribution in [0.2, 0.25) is 0 Å². The molecule has 1 saturated carbocycles. The van der Waals surface area contributed by atoms with E-state index in [1.807, 2.05) is 36.4 Å². The maximum atomic E-state index is 9.10. The minimum atomic E-state index is -1.82. The van der Waals surface area contributed by atoms with Crippen LogP contribution >= 0.6 is 0 Å². The van der Waals surface area contributed by atoms with Crippen molar-refractivity contribution in [3.8, 4) is 11.5 Å². The van der Waals surface area contributed by atoms with Crippen LogP contribution in [0.3, 0.4) is 0 Å². The summed E-state index contributed by atoms with van der Waals surface area (Å²) in [5.41, 5.74) is 1.34. The first-order valence-corrected chi connectivity index (χ1v) is 10.8. The summed E-state index contributed by atoms with van der Waals surface area (Å²) in [6, 6.07) is 19.4. The fourth-order valence-electron chi connectivity index (χ4n) is 4.15. The first-order chi connectivity index (χ1) is 15.0. The van der Waals surface area contributed by atoms with Gasteiger partial charge in [-0.3, -0.25) is 9.80 Å². The molecule has 2 aromatic carbocycles. The number of hydrogen-bond acceptors (Lipinski definition) is 5. The van der Waals surface area contributed by atoms with Gasteiger partial charge in [-0.1, -0.05) is 43.2 Å². The van der Waals surface area contributed by atoms with Crippen LogP contribution in [0.1, 0.15) is 31.2 Å². The van der Waals surface area contributed by atoms with Gasteiger partial charge >= 0.3 is 11.9 Å². The summed E-state index contributed by atoms with van der Waals surface area (Å²) >= 11 is 0. The van der Waals surface area contributed by atoms with Crippen molar-refractivity contribution >= 4 is 11.9 Å². The van der Waals surface area contributed by atoms with Crippen molar-refractivity contribution in [1.82, 2.24) is 9.80 Å². The molecule has 2 N–H and O–H groups in total. The number of nitrogens with zero attached hydrogens (tertiary/aromatic N) is 2. The number of aliphatic carboxylic acids is 2. The van der Waals surface area contributed by atoms with Crippen molar-refractivity contribution in [2.24, 2.45) is 0 Å². The Morgan fingerprint density at radius 3 is 2.06 bits per heavy atom. The fourth-order valence-corrected chi connectivity index (χ4v) is 4.15. The average molecular weight is 427 g/mol. The number of hydrogen-bond donors (Lipinski definition) is 2. The van der Waals surface area contributed by atoms with Crippen LogP contribution in [0.4, 0.5) is 0 Å². The number of carbonyl (C=O) groups is 2. The lowest BCUT2D eigenvalue weighted by Gasteiger charge is -2.38. The number of carboxylic acids is 2. The molecule has 2 aromatic rings. The van der Waals surface area contributed by atoms with Crippen molar-refractivity contribution in [1.29, 1.82) is 0 Å². The van der Waals surface area contributed by atoms with Gasteiger partial charge in [0.1, 0.15) is 11.5 Å². The van der Waals surface area contributed by atoms with E-state index in [-0.39, 0.29) is 0 Å². The van der Waals surface area contributed by atoms with E-state index < -0.39 is 11.9 Å². The van der Waals surface area contributed by atoms with E-state index in [0.29, 0.717) is 0 Å². The molecule has 7 heteroatoms. The second-order valence-corrected chi connectivity index (χ2v) is 7.92. The molecule has 4 rings (SSSR count). The van der Waals surface area contributed by atoms with Gasteiger partial charge in [0.2, 0.25) is 0 Å². The largest absolute Gasteiger partial charge is 0.473 e. The molecule has 0 amide bonds. The Morgan fingerprint density at radius 2 is 1.45 bits per heavy atom. The molecule has 166 valence electrons.